The summed E-state index contributed by atoms with van der Waals surface area (Å²) in [4.78, 5) is 13.9. The van der Waals surface area contributed by atoms with Crippen LogP contribution in [0.3, 0.4) is 0 Å². The summed E-state index contributed by atoms with van der Waals surface area (Å²) in [7, 11) is 0.293. The van der Waals surface area contributed by atoms with Crippen molar-refractivity contribution in [3.8, 4) is 11.5 Å². The lowest BCUT2D eigenvalue weighted by molar-refractivity contribution is -0.0982. The Balaban J connectivity index is 2.00. The van der Waals surface area contributed by atoms with E-state index in [0.29, 0.717) is 42.9 Å². The average Bonchev–Trinajstić information content (AvgIpc) is 2.66. The number of benzene rings is 1. The molecule has 0 unspecified atom stereocenters. The predicted molar refractivity (Wildman–Crippen MR) is 124 cm³/mol. The molecular formula is C23H38BNO7. The fourth-order valence-electron chi connectivity index (χ4n) is 3.09. The van der Waals surface area contributed by atoms with Crippen LogP contribution in [0.4, 0.5) is 4.79 Å². The van der Waals surface area contributed by atoms with Crippen molar-refractivity contribution in [3.63, 3.8) is 0 Å². The molecular weight excluding hydrogens is 413 g/mol. The lowest BCUT2D eigenvalue weighted by Crippen LogP contribution is -2.53. The molecule has 0 atom stereocenters. The van der Waals surface area contributed by atoms with Gasteiger partial charge in [0.05, 0.1) is 18.3 Å². The van der Waals surface area contributed by atoms with Gasteiger partial charge in [0.15, 0.2) is 11.5 Å². The molecule has 1 aliphatic heterocycles. The third kappa shape index (κ3) is 7.02. The molecule has 1 aromatic rings. The molecule has 0 spiro atoms. The van der Waals surface area contributed by atoms with E-state index in [1.807, 2.05) is 20.8 Å². The third-order valence-corrected chi connectivity index (χ3v) is 5.74. The first-order valence-electron chi connectivity index (χ1n) is 11.0. The quantitative estimate of drug-likeness (QED) is 0.616. The van der Waals surface area contributed by atoms with Gasteiger partial charge >= 0.3 is 13.2 Å². The van der Waals surface area contributed by atoms with E-state index in [0.717, 1.165) is 0 Å². The Labute approximate surface area is 191 Å². The van der Waals surface area contributed by atoms with Crippen LogP contribution in [-0.2, 0) is 9.39 Å². The Morgan fingerprint density at radius 2 is 1.66 bits per heavy atom. The minimum Gasteiger partial charge on any atom is -0.493 e. The number of carbonyl (C=O) groups is 1. The van der Waals surface area contributed by atoms with Crippen molar-refractivity contribution in [3.05, 3.63) is 18.2 Å². The van der Waals surface area contributed by atoms with Crippen molar-refractivity contribution in [1.29, 1.82) is 0 Å². The molecule has 1 amide bonds. The van der Waals surface area contributed by atoms with Crippen molar-refractivity contribution in [2.75, 3.05) is 20.2 Å². The van der Waals surface area contributed by atoms with E-state index < -0.39 is 23.9 Å². The van der Waals surface area contributed by atoms with Crippen LogP contribution in [0.1, 0.15) is 61.3 Å². The number of likely N-dealkylation sites (tertiary alicyclic amines) is 1. The van der Waals surface area contributed by atoms with Gasteiger partial charge in [0.2, 0.25) is 0 Å². The average molecular weight is 451 g/mol. The molecule has 8 nitrogen and oxygen atoms in total. The van der Waals surface area contributed by atoms with Crippen LogP contribution in [0.15, 0.2) is 18.2 Å². The fraction of sp³-hybridized carbons (Fsp3) is 0.696. The molecule has 9 heteroatoms. The van der Waals surface area contributed by atoms with Gasteiger partial charge in [-0.1, -0.05) is 6.07 Å². The molecule has 1 aliphatic rings. The smallest absolute Gasteiger partial charge is 0.491 e. The van der Waals surface area contributed by atoms with Gasteiger partial charge in [-0.15, -0.1) is 0 Å². The van der Waals surface area contributed by atoms with Crippen molar-refractivity contribution in [2.45, 2.75) is 84.2 Å². The van der Waals surface area contributed by atoms with Crippen LogP contribution in [-0.4, -0.2) is 71.3 Å². The van der Waals surface area contributed by atoms with Crippen molar-refractivity contribution in [2.24, 2.45) is 0 Å². The van der Waals surface area contributed by atoms with Crippen LogP contribution in [0.25, 0.3) is 0 Å². The number of hydrogen-bond donors (Lipinski definition) is 2. The molecule has 0 bridgehead atoms. The maximum absolute atomic E-state index is 12.2. The molecule has 0 aromatic heterocycles. The third-order valence-electron chi connectivity index (χ3n) is 5.74. The van der Waals surface area contributed by atoms with Crippen LogP contribution in [0.5, 0.6) is 11.5 Å². The molecule has 2 rings (SSSR count). The number of ether oxygens (including phenoxy) is 3. The van der Waals surface area contributed by atoms with Gasteiger partial charge in [-0.2, -0.15) is 0 Å². The van der Waals surface area contributed by atoms with E-state index in [1.165, 1.54) is 7.11 Å². The Morgan fingerprint density at radius 1 is 1.06 bits per heavy atom. The zero-order chi connectivity index (χ0) is 24.3. The first-order valence-corrected chi connectivity index (χ1v) is 11.0. The number of piperidine rings is 1. The summed E-state index contributed by atoms with van der Waals surface area (Å²) in [5, 5.41) is 20.8. The van der Waals surface area contributed by atoms with E-state index in [1.54, 1.807) is 50.8 Å². The van der Waals surface area contributed by atoms with E-state index in [9.17, 15) is 14.9 Å². The highest BCUT2D eigenvalue weighted by atomic mass is 16.6. The van der Waals surface area contributed by atoms with Crippen LogP contribution in [0, 0.1) is 0 Å². The molecule has 1 aromatic carbocycles. The zero-order valence-electron chi connectivity index (χ0n) is 20.6. The first-order chi connectivity index (χ1) is 14.6. The number of amides is 1. The minimum atomic E-state index is -1.24. The largest absolute Gasteiger partial charge is 0.493 e. The molecule has 1 heterocycles. The Morgan fingerprint density at radius 3 is 2.16 bits per heavy atom. The van der Waals surface area contributed by atoms with E-state index in [-0.39, 0.29) is 12.2 Å². The Bertz CT molecular complexity index is 778. The highest BCUT2D eigenvalue weighted by molar-refractivity contribution is 6.60. The molecule has 0 radical (unpaired) electrons. The second-order valence-electron chi connectivity index (χ2n) is 10.2. The second-order valence-corrected chi connectivity index (χ2v) is 10.2. The summed E-state index contributed by atoms with van der Waals surface area (Å²) in [6.45, 7) is 13.4. The standard InChI is InChI=1S/C23H38BNO7/c1-21(2,3)31-20(26)25-13-11-17(12-14-25)30-18-10-9-16(15-19(18)29-8)24(28)32-23(6,7)22(4,5)27/h9-10,15,17,27-28H,11-14H2,1-8H3. The lowest BCUT2D eigenvalue weighted by Gasteiger charge is -2.38. The number of rotatable bonds is 7. The lowest BCUT2D eigenvalue weighted by atomic mass is 9.76. The monoisotopic (exact) mass is 451 g/mol. The minimum absolute atomic E-state index is 0.0660. The molecule has 0 saturated carbocycles. The van der Waals surface area contributed by atoms with Gasteiger partial charge in [0.25, 0.3) is 0 Å². The summed E-state index contributed by atoms with van der Waals surface area (Å²) in [6, 6.07) is 5.10. The number of carbonyl (C=O) groups excluding carboxylic acids is 1. The Hall–Kier alpha value is -1.97. The van der Waals surface area contributed by atoms with Crippen LogP contribution < -0.4 is 14.9 Å². The van der Waals surface area contributed by atoms with Crippen molar-refractivity contribution >= 4 is 18.7 Å². The highest BCUT2D eigenvalue weighted by Gasteiger charge is 2.39. The molecule has 32 heavy (non-hydrogen) atoms. The summed E-state index contributed by atoms with van der Waals surface area (Å²) >= 11 is 0. The number of aliphatic hydroxyl groups is 1. The van der Waals surface area contributed by atoms with Crippen LogP contribution in [0.2, 0.25) is 0 Å². The number of nitrogens with zero attached hydrogens (tertiary/aromatic N) is 1. The molecule has 1 saturated heterocycles. The van der Waals surface area contributed by atoms with Gasteiger partial charge in [-0.25, -0.2) is 4.79 Å². The molecule has 0 aliphatic carbocycles. The van der Waals surface area contributed by atoms with Gasteiger partial charge in [0.1, 0.15) is 11.7 Å². The maximum Gasteiger partial charge on any atom is 0.491 e. The molecule has 2 N–H and O–H groups in total. The van der Waals surface area contributed by atoms with Gasteiger partial charge in [0, 0.05) is 25.9 Å². The summed E-state index contributed by atoms with van der Waals surface area (Å²) < 4.78 is 22.7. The van der Waals surface area contributed by atoms with Crippen molar-refractivity contribution < 1.29 is 33.8 Å². The topological polar surface area (TPSA) is 97.7 Å². The van der Waals surface area contributed by atoms with Gasteiger partial charge in [-0.05, 0) is 66.1 Å². The Kier molecular flexibility index (Phi) is 8.12. The maximum atomic E-state index is 12.2. The second kappa shape index (κ2) is 9.89. The number of methoxy groups -OCH3 is 1. The van der Waals surface area contributed by atoms with Crippen LogP contribution >= 0.6 is 0 Å². The predicted octanol–water partition coefficient (Wildman–Crippen LogP) is 2.73. The summed E-state index contributed by atoms with van der Waals surface area (Å²) in [5.41, 5.74) is -2.14. The van der Waals surface area contributed by atoms with Crippen molar-refractivity contribution in [1.82, 2.24) is 4.90 Å². The SMILES string of the molecule is COc1cc(B(O)OC(C)(C)C(C)(C)O)ccc1OC1CCN(C(=O)OC(C)(C)C)CC1. The van der Waals surface area contributed by atoms with E-state index in [2.05, 4.69) is 0 Å². The molecule has 180 valence electrons. The zero-order valence-corrected chi connectivity index (χ0v) is 20.6. The summed E-state index contributed by atoms with van der Waals surface area (Å²) in [5.74, 6) is 1.03. The normalized spacial score (nSPS) is 16.0. The van der Waals surface area contributed by atoms with Gasteiger partial charge in [-0.3, -0.25) is 0 Å². The first kappa shape index (κ1) is 26.3. The highest BCUT2D eigenvalue weighted by Crippen LogP contribution is 2.30. The fourth-order valence-corrected chi connectivity index (χ4v) is 3.09. The molecule has 1 fully saturated rings. The number of hydrogen-bond acceptors (Lipinski definition) is 7. The summed E-state index contributed by atoms with van der Waals surface area (Å²) in [6.07, 6.45) is 0.982. The van der Waals surface area contributed by atoms with E-state index in [4.69, 9.17) is 18.9 Å². The van der Waals surface area contributed by atoms with E-state index >= 15 is 0 Å². The van der Waals surface area contributed by atoms with Gasteiger partial charge < -0.3 is 33.9 Å².